The molecule has 2 aromatic rings. The van der Waals surface area contributed by atoms with Gasteiger partial charge in [0.2, 0.25) is 0 Å². The number of hydrogen-bond donors (Lipinski definition) is 1. The zero-order chi connectivity index (χ0) is 14.0. The molecule has 0 radical (unpaired) electrons. The van der Waals surface area contributed by atoms with Gasteiger partial charge in [0.1, 0.15) is 17.7 Å². The molecule has 0 aromatic heterocycles. The van der Waals surface area contributed by atoms with Gasteiger partial charge in [-0.25, -0.2) is 4.39 Å². The van der Waals surface area contributed by atoms with E-state index >= 15 is 0 Å². The lowest BCUT2D eigenvalue weighted by Gasteiger charge is -2.14. The van der Waals surface area contributed by atoms with Crippen LogP contribution in [0.2, 0.25) is 0 Å². The predicted molar refractivity (Wildman–Crippen MR) is 72.9 cm³/mol. The average Bonchev–Trinajstić information content (AvgIpc) is 2.41. The summed E-state index contributed by atoms with van der Waals surface area (Å²) in [6.45, 7) is 3.62. The Morgan fingerprint density at radius 2 is 1.63 bits per heavy atom. The fourth-order valence-corrected chi connectivity index (χ4v) is 2.04. The van der Waals surface area contributed by atoms with Crippen molar-refractivity contribution < 1.29 is 14.2 Å². The summed E-state index contributed by atoms with van der Waals surface area (Å²) in [5, 5.41) is 10.3. The Labute approximate surface area is 112 Å². The summed E-state index contributed by atoms with van der Waals surface area (Å²) in [6, 6.07) is 10.2. The van der Waals surface area contributed by atoms with E-state index in [-0.39, 0.29) is 5.82 Å². The molecule has 1 atom stereocenters. The van der Waals surface area contributed by atoms with Gasteiger partial charge in [-0.3, -0.25) is 0 Å². The first-order valence-electron chi connectivity index (χ1n) is 6.11. The van der Waals surface area contributed by atoms with Gasteiger partial charge >= 0.3 is 0 Å². The molecule has 100 valence electrons. The average molecular weight is 260 g/mol. The van der Waals surface area contributed by atoms with Crippen LogP contribution in [0.25, 0.3) is 0 Å². The quantitative estimate of drug-likeness (QED) is 0.914. The molecule has 0 saturated carbocycles. The van der Waals surface area contributed by atoms with Crippen molar-refractivity contribution in [2.24, 2.45) is 0 Å². The maximum Gasteiger partial charge on any atom is 0.126 e. The summed E-state index contributed by atoms with van der Waals surface area (Å²) in [5.41, 5.74) is 2.93. The number of methoxy groups -OCH3 is 1. The Morgan fingerprint density at radius 3 is 2.26 bits per heavy atom. The van der Waals surface area contributed by atoms with Crippen molar-refractivity contribution in [1.82, 2.24) is 0 Å². The second kappa shape index (κ2) is 5.41. The van der Waals surface area contributed by atoms with Crippen molar-refractivity contribution in [1.29, 1.82) is 0 Å². The fourth-order valence-electron chi connectivity index (χ4n) is 2.04. The predicted octanol–water partition coefficient (Wildman–Crippen LogP) is 3.53. The molecule has 2 aromatic carbocycles. The van der Waals surface area contributed by atoms with Gasteiger partial charge in [0.15, 0.2) is 0 Å². The first-order valence-corrected chi connectivity index (χ1v) is 6.11. The van der Waals surface area contributed by atoms with Gasteiger partial charge in [-0.05, 0) is 48.2 Å². The van der Waals surface area contributed by atoms with E-state index < -0.39 is 6.10 Å². The van der Waals surface area contributed by atoms with Crippen LogP contribution in [0.5, 0.6) is 5.75 Å². The van der Waals surface area contributed by atoms with E-state index in [2.05, 4.69) is 0 Å². The maximum absolute atomic E-state index is 13.2. The lowest BCUT2D eigenvalue weighted by atomic mass is 9.98. The van der Waals surface area contributed by atoms with Crippen LogP contribution in [-0.4, -0.2) is 12.2 Å². The minimum absolute atomic E-state index is 0.266. The number of halogens is 1. The molecule has 1 N–H and O–H groups in total. The SMILES string of the molecule is COc1cc(C(O)c2ccc(F)c(C)c2)ccc1C. The summed E-state index contributed by atoms with van der Waals surface area (Å²) in [5.74, 6) is 0.466. The van der Waals surface area contributed by atoms with Crippen molar-refractivity contribution in [3.63, 3.8) is 0 Å². The molecule has 0 aliphatic heterocycles. The topological polar surface area (TPSA) is 29.5 Å². The third-order valence-corrected chi connectivity index (χ3v) is 3.25. The number of benzene rings is 2. The number of aliphatic hydroxyl groups is 1. The molecule has 1 unspecified atom stereocenters. The van der Waals surface area contributed by atoms with Crippen LogP contribution in [-0.2, 0) is 0 Å². The van der Waals surface area contributed by atoms with Gasteiger partial charge in [0.25, 0.3) is 0 Å². The molecule has 0 heterocycles. The molecule has 0 amide bonds. The molecule has 0 bridgehead atoms. The first kappa shape index (κ1) is 13.6. The summed E-state index contributed by atoms with van der Waals surface area (Å²) in [6.07, 6.45) is -0.784. The molecule has 0 fully saturated rings. The van der Waals surface area contributed by atoms with E-state index in [9.17, 15) is 9.50 Å². The Balaban J connectivity index is 2.37. The first-order chi connectivity index (χ1) is 9.02. The summed E-state index contributed by atoms with van der Waals surface area (Å²) < 4.78 is 18.5. The normalized spacial score (nSPS) is 12.3. The largest absolute Gasteiger partial charge is 0.496 e. The molecular formula is C16H17FO2. The van der Waals surface area contributed by atoms with Crippen LogP contribution in [0.3, 0.4) is 0 Å². The number of rotatable bonds is 3. The van der Waals surface area contributed by atoms with Crippen LogP contribution in [0, 0.1) is 19.7 Å². The summed E-state index contributed by atoms with van der Waals surface area (Å²) in [7, 11) is 1.60. The fraction of sp³-hybridized carbons (Fsp3) is 0.250. The van der Waals surface area contributed by atoms with Crippen molar-refractivity contribution in [2.75, 3.05) is 7.11 Å². The van der Waals surface area contributed by atoms with Gasteiger partial charge < -0.3 is 9.84 Å². The maximum atomic E-state index is 13.2. The summed E-state index contributed by atoms with van der Waals surface area (Å²) >= 11 is 0. The minimum atomic E-state index is -0.784. The van der Waals surface area contributed by atoms with Gasteiger partial charge in [0.05, 0.1) is 7.11 Å². The van der Waals surface area contributed by atoms with Crippen LogP contribution >= 0.6 is 0 Å². The van der Waals surface area contributed by atoms with Gasteiger partial charge in [-0.15, -0.1) is 0 Å². The van der Waals surface area contributed by atoms with Crippen LogP contribution in [0.15, 0.2) is 36.4 Å². The molecule has 3 heteroatoms. The smallest absolute Gasteiger partial charge is 0.126 e. The lowest BCUT2D eigenvalue weighted by Crippen LogP contribution is -2.01. The second-order valence-corrected chi connectivity index (χ2v) is 4.64. The molecule has 0 aliphatic rings. The third kappa shape index (κ3) is 2.76. The standard InChI is InChI=1S/C16H17FO2/c1-10-4-5-13(9-15(10)19-3)16(18)12-6-7-14(17)11(2)8-12/h4-9,16,18H,1-3H3. The Morgan fingerprint density at radius 1 is 1.00 bits per heavy atom. The van der Waals surface area contributed by atoms with Gasteiger partial charge in [-0.2, -0.15) is 0 Å². The highest BCUT2D eigenvalue weighted by Gasteiger charge is 2.13. The van der Waals surface area contributed by atoms with E-state index in [1.165, 1.54) is 6.07 Å². The van der Waals surface area contributed by atoms with Crippen molar-refractivity contribution in [3.8, 4) is 5.75 Å². The van der Waals surface area contributed by atoms with E-state index in [1.54, 1.807) is 32.2 Å². The Hall–Kier alpha value is -1.87. The third-order valence-electron chi connectivity index (χ3n) is 3.25. The van der Waals surface area contributed by atoms with E-state index in [1.807, 2.05) is 19.1 Å². The minimum Gasteiger partial charge on any atom is -0.496 e. The number of ether oxygens (including phenoxy) is 1. The van der Waals surface area contributed by atoms with Crippen LogP contribution < -0.4 is 4.74 Å². The number of hydrogen-bond acceptors (Lipinski definition) is 2. The highest BCUT2D eigenvalue weighted by molar-refractivity contribution is 5.41. The zero-order valence-electron chi connectivity index (χ0n) is 11.3. The molecule has 19 heavy (non-hydrogen) atoms. The van der Waals surface area contributed by atoms with Gasteiger partial charge in [-0.1, -0.05) is 24.3 Å². The van der Waals surface area contributed by atoms with Crippen molar-refractivity contribution >= 4 is 0 Å². The van der Waals surface area contributed by atoms with E-state index in [0.717, 1.165) is 16.9 Å². The van der Waals surface area contributed by atoms with Crippen LogP contribution in [0.4, 0.5) is 4.39 Å². The number of aliphatic hydroxyl groups excluding tert-OH is 1. The molecule has 0 spiro atoms. The van der Waals surface area contributed by atoms with Crippen molar-refractivity contribution in [2.45, 2.75) is 20.0 Å². The van der Waals surface area contributed by atoms with E-state index in [0.29, 0.717) is 11.1 Å². The van der Waals surface area contributed by atoms with Crippen molar-refractivity contribution in [3.05, 3.63) is 64.5 Å². The number of aryl methyl sites for hydroxylation is 2. The molecule has 2 rings (SSSR count). The summed E-state index contributed by atoms with van der Waals surface area (Å²) in [4.78, 5) is 0. The van der Waals surface area contributed by atoms with Crippen LogP contribution in [0.1, 0.15) is 28.4 Å². The second-order valence-electron chi connectivity index (χ2n) is 4.64. The Kier molecular flexibility index (Phi) is 3.86. The zero-order valence-corrected chi connectivity index (χ0v) is 11.3. The highest BCUT2D eigenvalue weighted by atomic mass is 19.1. The molecule has 0 saturated heterocycles. The Bertz CT molecular complexity index is 593. The lowest BCUT2D eigenvalue weighted by molar-refractivity contribution is 0.219. The van der Waals surface area contributed by atoms with Gasteiger partial charge in [0, 0.05) is 0 Å². The highest BCUT2D eigenvalue weighted by Crippen LogP contribution is 2.28. The monoisotopic (exact) mass is 260 g/mol. The molecule has 0 aliphatic carbocycles. The van der Waals surface area contributed by atoms with E-state index in [4.69, 9.17) is 4.74 Å². The molecule has 2 nitrogen and oxygen atoms in total. The molecular weight excluding hydrogens is 243 g/mol.